The van der Waals surface area contributed by atoms with E-state index in [1.807, 2.05) is 6.92 Å². The smallest absolute Gasteiger partial charge is 0.212 e. The number of aromatic nitrogens is 2. The molecule has 1 aromatic heterocycles. The molecular weight excluding hydrogens is 242 g/mol. The molecule has 0 aliphatic heterocycles. The van der Waals surface area contributed by atoms with Gasteiger partial charge < -0.3 is 9.72 Å². The Kier molecular flexibility index (Phi) is 5.60. The second-order valence-electron chi connectivity index (χ2n) is 3.72. The molecule has 1 aromatic rings. The maximum atomic E-state index is 11.8. The molecule has 1 heterocycles. The van der Waals surface area contributed by atoms with Crippen LogP contribution in [0.2, 0.25) is 0 Å². The summed E-state index contributed by atoms with van der Waals surface area (Å²) >= 11 is 0. The number of H-pyrrole nitrogens is 1. The topological polar surface area (TPSA) is 84.1 Å². The average Bonchev–Trinajstić information content (AvgIpc) is 2.79. The van der Waals surface area contributed by atoms with Crippen molar-refractivity contribution in [3.8, 4) is 0 Å². The number of sulfonamides is 1. The van der Waals surface area contributed by atoms with Crippen molar-refractivity contribution in [2.24, 2.45) is 0 Å². The van der Waals surface area contributed by atoms with Gasteiger partial charge in [0, 0.05) is 26.1 Å². The molecule has 6 nitrogen and oxygen atoms in total. The molecule has 1 unspecified atom stereocenters. The van der Waals surface area contributed by atoms with E-state index < -0.39 is 10.0 Å². The van der Waals surface area contributed by atoms with Gasteiger partial charge in [-0.15, -0.1) is 0 Å². The first-order chi connectivity index (χ1) is 8.09. The number of ether oxygens (including phenoxy) is 1. The number of hydrogen-bond donors (Lipinski definition) is 2. The molecule has 0 aliphatic carbocycles. The molecule has 1 rings (SSSR count). The summed E-state index contributed by atoms with van der Waals surface area (Å²) in [5, 5.41) is 0. The zero-order valence-electron chi connectivity index (χ0n) is 10.1. The van der Waals surface area contributed by atoms with Gasteiger partial charge in [0.25, 0.3) is 0 Å². The fourth-order valence-electron chi connectivity index (χ4n) is 1.47. The van der Waals surface area contributed by atoms with E-state index in [1.165, 1.54) is 0 Å². The van der Waals surface area contributed by atoms with E-state index in [0.29, 0.717) is 25.3 Å². The Morgan fingerprint density at radius 1 is 1.59 bits per heavy atom. The van der Waals surface area contributed by atoms with Crippen LogP contribution >= 0.6 is 0 Å². The Labute approximate surface area is 102 Å². The van der Waals surface area contributed by atoms with Crippen LogP contribution in [0.1, 0.15) is 31.6 Å². The van der Waals surface area contributed by atoms with Crippen LogP contribution in [0.25, 0.3) is 0 Å². The lowest BCUT2D eigenvalue weighted by Gasteiger charge is -2.14. The molecule has 98 valence electrons. The fraction of sp³-hybridized carbons (Fsp3) is 0.700. The standard InChI is InChI=1S/C10H19N3O3S/c1-3-9(10-11-5-6-12-10)13-17(14,15)8-4-7-16-2/h5-6,9,13H,3-4,7-8H2,1-2H3,(H,11,12). The maximum Gasteiger partial charge on any atom is 0.212 e. The highest BCUT2D eigenvalue weighted by Gasteiger charge is 2.19. The van der Waals surface area contributed by atoms with E-state index in [1.54, 1.807) is 19.5 Å². The highest BCUT2D eigenvalue weighted by Crippen LogP contribution is 2.13. The van der Waals surface area contributed by atoms with Crippen molar-refractivity contribution in [3.63, 3.8) is 0 Å². The minimum atomic E-state index is -3.28. The average molecular weight is 261 g/mol. The van der Waals surface area contributed by atoms with Gasteiger partial charge in [0.1, 0.15) is 5.82 Å². The van der Waals surface area contributed by atoms with Crippen molar-refractivity contribution in [2.75, 3.05) is 19.5 Å². The minimum absolute atomic E-state index is 0.0675. The third-order valence-electron chi connectivity index (χ3n) is 2.34. The molecule has 0 fully saturated rings. The number of nitrogens with one attached hydrogen (secondary N) is 2. The van der Waals surface area contributed by atoms with Crippen LogP contribution in [0, 0.1) is 0 Å². The monoisotopic (exact) mass is 261 g/mol. The van der Waals surface area contributed by atoms with E-state index >= 15 is 0 Å². The molecule has 1 atom stereocenters. The number of nitrogens with zero attached hydrogens (tertiary/aromatic N) is 1. The van der Waals surface area contributed by atoms with Gasteiger partial charge >= 0.3 is 0 Å². The molecular formula is C10H19N3O3S. The van der Waals surface area contributed by atoms with Crippen LogP contribution in [0.3, 0.4) is 0 Å². The van der Waals surface area contributed by atoms with Gasteiger partial charge in [0.05, 0.1) is 11.8 Å². The van der Waals surface area contributed by atoms with Crippen LogP contribution in [0.4, 0.5) is 0 Å². The van der Waals surface area contributed by atoms with Gasteiger partial charge in [-0.2, -0.15) is 0 Å². The van der Waals surface area contributed by atoms with Crippen LogP contribution in [0.5, 0.6) is 0 Å². The zero-order chi connectivity index (χ0) is 12.7. The molecule has 7 heteroatoms. The Morgan fingerprint density at radius 2 is 2.35 bits per heavy atom. The highest BCUT2D eigenvalue weighted by atomic mass is 32.2. The molecule has 0 aromatic carbocycles. The van der Waals surface area contributed by atoms with Crippen LogP contribution < -0.4 is 4.72 Å². The molecule has 0 aliphatic rings. The number of aromatic amines is 1. The second-order valence-corrected chi connectivity index (χ2v) is 5.59. The van der Waals surface area contributed by atoms with Crippen molar-refractivity contribution >= 4 is 10.0 Å². The van der Waals surface area contributed by atoms with Crippen molar-refractivity contribution in [3.05, 3.63) is 18.2 Å². The summed E-state index contributed by atoms with van der Waals surface area (Å²) in [5.74, 6) is 0.709. The minimum Gasteiger partial charge on any atom is -0.385 e. The van der Waals surface area contributed by atoms with Crippen molar-refractivity contribution in [2.45, 2.75) is 25.8 Å². The SMILES string of the molecule is CCC(NS(=O)(=O)CCCOC)c1ncc[nH]1. The van der Waals surface area contributed by atoms with Gasteiger partial charge in [0.15, 0.2) is 0 Å². The van der Waals surface area contributed by atoms with E-state index in [2.05, 4.69) is 14.7 Å². The largest absolute Gasteiger partial charge is 0.385 e. The third kappa shape index (κ3) is 4.84. The Balaban J connectivity index is 2.56. The molecule has 0 saturated carbocycles. The van der Waals surface area contributed by atoms with E-state index in [9.17, 15) is 8.42 Å². The Hall–Kier alpha value is -0.920. The van der Waals surface area contributed by atoms with Crippen LogP contribution in [-0.2, 0) is 14.8 Å². The molecule has 0 spiro atoms. The molecule has 17 heavy (non-hydrogen) atoms. The number of rotatable bonds is 8. The second kappa shape index (κ2) is 6.73. The summed E-state index contributed by atoms with van der Waals surface area (Å²) in [5.41, 5.74) is 0. The summed E-state index contributed by atoms with van der Waals surface area (Å²) < 4.78 is 31.0. The molecule has 0 bridgehead atoms. The fourth-order valence-corrected chi connectivity index (χ4v) is 2.80. The van der Waals surface area contributed by atoms with Crippen molar-refractivity contribution in [1.82, 2.24) is 14.7 Å². The highest BCUT2D eigenvalue weighted by molar-refractivity contribution is 7.89. The first-order valence-corrected chi connectivity index (χ1v) is 7.22. The summed E-state index contributed by atoms with van der Waals surface area (Å²) in [6.45, 7) is 2.35. The summed E-state index contributed by atoms with van der Waals surface area (Å²) in [4.78, 5) is 6.98. The van der Waals surface area contributed by atoms with Crippen LogP contribution in [0.15, 0.2) is 12.4 Å². The quantitative estimate of drug-likeness (QED) is 0.678. The van der Waals surface area contributed by atoms with Gasteiger partial charge in [-0.25, -0.2) is 18.1 Å². The van der Waals surface area contributed by atoms with Gasteiger partial charge in [-0.3, -0.25) is 0 Å². The van der Waals surface area contributed by atoms with E-state index in [0.717, 1.165) is 0 Å². The lowest BCUT2D eigenvalue weighted by atomic mass is 10.2. The molecule has 0 amide bonds. The number of methoxy groups -OCH3 is 1. The predicted molar refractivity (Wildman–Crippen MR) is 65.0 cm³/mol. The van der Waals surface area contributed by atoms with Gasteiger partial charge in [0.2, 0.25) is 10.0 Å². The van der Waals surface area contributed by atoms with Crippen molar-refractivity contribution in [1.29, 1.82) is 0 Å². The molecule has 0 radical (unpaired) electrons. The number of imidazole rings is 1. The van der Waals surface area contributed by atoms with Crippen molar-refractivity contribution < 1.29 is 13.2 Å². The van der Waals surface area contributed by atoms with E-state index in [-0.39, 0.29) is 11.8 Å². The first kappa shape index (κ1) is 14.1. The molecule has 0 saturated heterocycles. The first-order valence-electron chi connectivity index (χ1n) is 5.57. The van der Waals surface area contributed by atoms with Crippen LogP contribution in [-0.4, -0.2) is 37.9 Å². The zero-order valence-corrected chi connectivity index (χ0v) is 11.0. The normalized spacial score (nSPS) is 13.8. The lowest BCUT2D eigenvalue weighted by Crippen LogP contribution is -2.31. The summed E-state index contributed by atoms with van der Waals surface area (Å²) in [6, 6.07) is -0.294. The Bertz CT molecular complexity index is 402. The molecule has 2 N–H and O–H groups in total. The predicted octanol–water partition coefficient (Wildman–Crippen LogP) is 0.817. The lowest BCUT2D eigenvalue weighted by molar-refractivity contribution is 0.199. The third-order valence-corrected chi connectivity index (χ3v) is 3.81. The van der Waals surface area contributed by atoms with E-state index in [4.69, 9.17) is 4.74 Å². The van der Waals surface area contributed by atoms with Gasteiger partial charge in [-0.1, -0.05) is 6.92 Å². The number of hydrogen-bond acceptors (Lipinski definition) is 4. The van der Waals surface area contributed by atoms with Gasteiger partial charge in [-0.05, 0) is 12.8 Å². The summed E-state index contributed by atoms with van der Waals surface area (Å²) in [6.07, 6.45) is 4.42. The maximum absolute atomic E-state index is 11.8. The Morgan fingerprint density at radius 3 is 2.88 bits per heavy atom. The summed E-state index contributed by atoms with van der Waals surface area (Å²) in [7, 11) is -1.73.